The predicted octanol–water partition coefficient (Wildman–Crippen LogP) is 4.93. The highest BCUT2D eigenvalue weighted by Crippen LogP contribution is 2.58. The Kier molecular flexibility index (Phi) is 2.35. The number of fused-ring (bicyclic) bond motifs is 8. The van der Waals surface area contributed by atoms with Gasteiger partial charge in [-0.2, -0.15) is 0 Å². The molecule has 2 atom stereocenters. The van der Waals surface area contributed by atoms with Gasteiger partial charge in [-0.3, -0.25) is 0 Å². The molecule has 0 spiro atoms. The molecule has 0 radical (unpaired) electrons. The average Bonchev–Trinajstić information content (AvgIpc) is 2.92. The first kappa shape index (κ1) is 13.3. The van der Waals surface area contributed by atoms with Crippen LogP contribution in [-0.4, -0.2) is 11.6 Å². The van der Waals surface area contributed by atoms with Crippen LogP contribution in [0.2, 0.25) is 0 Å². The average molecular weight is 306 g/mol. The lowest BCUT2D eigenvalue weighted by atomic mass is 9.93. The normalized spacial score (nSPS) is 27.9. The molecule has 0 saturated carbocycles. The van der Waals surface area contributed by atoms with Crippen molar-refractivity contribution in [3.63, 3.8) is 0 Å². The number of rotatable bonds is 0. The zero-order valence-electron chi connectivity index (χ0n) is 13.4. The van der Waals surface area contributed by atoms with Crippen molar-refractivity contribution in [2.24, 2.45) is 0 Å². The van der Waals surface area contributed by atoms with Crippen molar-refractivity contribution >= 4 is 21.5 Å². The summed E-state index contributed by atoms with van der Waals surface area (Å²) in [5.74, 6) is -0.537. The maximum Gasteiger partial charge on any atom is 0.241 e. The van der Waals surface area contributed by atoms with Gasteiger partial charge in [-0.15, -0.1) is 0 Å². The fourth-order valence-electron chi connectivity index (χ4n) is 4.06. The van der Waals surface area contributed by atoms with Gasteiger partial charge in [0.05, 0.1) is 0 Å². The first-order chi connectivity index (χ1) is 11.0. The summed E-state index contributed by atoms with van der Waals surface area (Å²) in [6.45, 7) is 5.83. The Labute approximate surface area is 134 Å². The van der Waals surface area contributed by atoms with Crippen molar-refractivity contribution in [1.82, 2.24) is 0 Å². The smallest absolute Gasteiger partial charge is 0.241 e. The maximum absolute atomic E-state index is 6.33. The van der Waals surface area contributed by atoms with Gasteiger partial charge in [-0.1, -0.05) is 48.5 Å². The summed E-state index contributed by atoms with van der Waals surface area (Å²) in [4.78, 5) is 0. The van der Waals surface area contributed by atoms with Crippen LogP contribution in [-0.2, 0) is 9.47 Å². The van der Waals surface area contributed by atoms with Gasteiger partial charge in [0.15, 0.2) is 11.9 Å². The van der Waals surface area contributed by atoms with Crippen LogP contribution in [0.25, 0.3) is 21.5 Å². The molecule has 0 N–H and O–H groups in total. The largest absolute Gasteiger partial charge is 0.458 e. The lowest BCUT2D eigenvalue weighted by molar-refractivity contribution is -0.208. The Balaban J connectivity index is 1.92. The van der Waals surface area contributed by atoms with Crippen LogP contribution < -0.4 is 4.74 Å². The molecule has 3 heteroatoms. The van der Waals surface area contributed by atoms with Crippen molar-refractivity contribution in [1.29, 1.82) is 0 Å². The van der Waals surface area contributed by atoms with Crippen molar-refractivity contribution < 1.29 is 14.2 Å². The van der Waals surface area contributed by atoms with Gasteiger partial charge in [0.2, 0.25) is 5.79 Å². The molecule has 23 heavy (non-hydrogen) atoms. The SMILES string of the molecule is CC1(C)O[C@@H]2c3c(c4ccccc4c4ccccc34)O[C@]2(C)O1. The molecule has 0 aliphatic carbocycles. The molecule has 2 aliphatic heterocycles. The van der Waals surface area contributed by atoms with Gasteiger partial charge in [0.25, 0.3) is 0 Å². The molecule has 3 aromatic carbocycles. The molecule has 0 unspecified atom stereocenters. The molecule has 1 fully saturated rings. The second-order valence-corrected chi connectivity index (χ2v) is 6.95. The predicted molar refractivity (Wildman–Crippen MR) is 89.5 cm³/mol. The van der Waals surface area contributed by atoms with E-state index in [1.165, 1.54) is 16.2 Å². The quantitative estimate of drug-likeness (QED) is 0.551. The topological polar surface area (TPSA) is 27.7 Å². The summed E-state index contributed by atoms with van der Waals surface area (Å²) in [7, 11) is 0. The summed E-state index contributed by atoms with van der Waals surface area (Å²) in [6, 6.07) is 16.8. The molecule has 2 heterocycles. The molecule has 0 amide bonds. The lowest BCUT2D eigenvalue weighted by Gasteiger charge is -2.24. The monoisotopic (exact) mass is 306 g/mol. The van der Waals surface area contributed by atoms with Crippen LogP contribution in [0.5, 0.6) is 5.75 Å². The highest BCUT2D eigenvalue weighted by atomic mass is 16.8. The lowest BCUT2D eigenvalue weighted by Crippen LogP contribution is -2.34. The van der Waals surface area contributed by atoms with Crippen LogP contribution >= 0.6 is 0 Å². The molecule has 3 nitrogen and oxygen atoms in total. The molecule has 0 aromatic heterocycles. The van der Waals surface area contributed by atoms with E-state index < -0.39 is 11.6 Å². The highest BCUT2D eigenvalue weighted by molar-refractivity contribution is 6.12. The number of ether oxygens (including phenoxy) is 3. The van der Waals surface area contributed by atoms with Gasteiger partial charge in [0, 0.05) is 17.9 Å². The van der Waals surface area contributed by atoms with Crippen LogP contribution in [0.1, 0.15) is 32.4 Å². The summed E-state index contributed by atoms with van der Waals surface area (Å²) < 4.78 is 18.6. The van der Waals surface area contributed by atoms with E-state index in [0.717, 1.165) is 16.7 Å². The third kappa shape index (κ3) is 1.66. The molecule has 1 saturated heterocycles. The molecule has 2 aliphatic rings. The molecule has 3 aromatic rings. The number of hydrogen-bond acceptors (Lipinski definition) is 3. The van der Waals surface area contributed by atoms with Crippen LogP contribution in [0.3, 0.4) is 0 Å². The Hall–Kier alpha value is -2.10. The number of hydrogen-bond donors (Lipinski definition) is 0. The van der Waals surface area contributed by atoms with E-state index >= 15 is 0 Å². The first-order valence-electron chi connectivity index (χ1n) is 7.99. The van der Waals surface area contributed by atoms with E-state index in [2.05, 4.69) is 42.5 Å². The fourth-order valence-corrected chi connectivity index (χ4v) is 4.06. The fraction of sp³-hybridized carbons (Fsp3) is 0.300. The van der Waals surface area contributed by atoms with E-state index in [9.17, 15) is 0 Å². The minimum Gasteiger partial charge on any atom is -0.458 e. The third-order valence-corrected chi connectivity index (χ3v) is 4.82. The van der Waals surface area contributed by atoms with Crippen molar-refractivity contribution in [2.45, 2.75) is 38.4 Å². The van der Waals surface area contributed by atoms with E-state index in [1.807, 2.05) is 26.8 Å². The van der Waals surface area contributed by atoms with E-state index in [0.29, 0.717) is 0 Å². The highest BCUT2D eigenvalue weighted by Gasteiger charge is 2.58. The zero-order chi connectivity index (χ0) is 15.8. The maximum atomic E-state index is 6.33. The van der Waals surface area contributed by atoms with E-state index in [1.54, 1.807) is 0 Å². The first-order valence-corrected chi connectivity index (χ1v) is 7.99. The van der Waals surface area contributed by atoms with Crippen LogP contribution in [0.4, 0.5) is 0 Å². The van der Waals surface area contributed by atoms with E-state index in [4.69, 9.17) is 14.2 Å². The Morgan fingerprint density at radius 3 is 2.04 bits per heavy atom. The van der Waals surface area contributed by atoms with Crippen LogP contribution in [0.15, 0.2) is 48.5 Å². The second kappa shape index (κ2) is 4.05. The van der Waals surface area contributed by atoms with Gasteiger partial charge in [-0.05, 0) is 30.0 Å². The molecule has 116 valence electrons. The van der Waals surface area contributed by atoms with Crippen LogP contribution in [0, 0.1) is 0 Å². The second-order valence-electron chi connectivity index (χ2n) is 6.95. The Morgan fingerprint density at radius 1 is 0.783 bits per heavy atom. The van der Waals surface area contributed by atoms with Crippen molar-refractivity contribution in [3.05, 3.63) is 54.1 Å². The standard InChI is InChI=1S/C20H18O3/c1-19(2)22-18-16-14-10-6-4-8-12(14)13-9-5-7-11-15(13)17(16)21-20(18,3)23-19/h4-11,18H,1-3H3/t18-,20-/m1/s1. The van der Waals surface area contributed by atoms with Gasteiger partial charge in [-0.25, -0.2) is 0 Å². The van der Waals surface area contributed by atoms with Gasteiger partial charge in [0.1, 0.15) is 5.75 Å². The summed E-state index contributed by atoms with van der Waals surface area (Å²) in [6.07, 6.45) is -0.220. The van der Waals surface area contributed by atoms with Crippen molar-refractivity contribution in [2.75, 3.05) is 0 Å². The minimum absolute atomic E-state index is 0.220. The van der Waals surface area contributed by atoms with Crippen molar-refractivity contribution in [3.8, 4) is 5.75 Å². The molecular weight excluding hydrogens is 288 g/mol. The Morgan fingerprint density at radius 2 is 1.35 bits per heavy atom. The van der Waals surface area contributed by atoms with E-state index in [-0.39, 0.29) is 6.10 Å². The van der Waals surface area contributed by atoms with Gasteiger partial charge >= 0.3 is 0 Å². The molecule has 5 rings (SSSR count). The number of benzene rings is 3. The minimum atomic E-state index is -0.779. The summed E-state index contributed by atoms with van der Waals surface area (Å²) in [5.41, 5.74) is 1.10. The zero-order valence-corrected chi connectivity index (χ0v) is 13.4. The van der Waals surface area contributed by atoms with Gasteiger partial charge < -0.3 is 14.2 Å². The third-order valence-electron chi connectivity index (χ3n) is 4.82. The molecular formula is C20H18O3. The summed E-state index contributed by atoms with van der Waals surface area (Å²) in [5, 5.41) is 4.71. The summed E-state index contributed by atoms with van der Waals surface area (Å²) >= 11 is 0. The Bertz CT molecular complexity index is 960. The molecule has 0 bridgehead atoms.